The Kier molecular flexibility index (Phi) is 6.59. The second kappa shape index (κ2) is 9.79. The van der Waals surface area contributed by atoms with E-state index in [1.165, 1.54) is 0 Å². The number of fused-ring (bicyclic) bond motifs is 2. The number of rotatable bonds is 5. The van der Waals surface area contributed by atoms with E-state index in [0.29, 0.717) is 24.5 Å². The Morgan fingerprint density at radius 3 is 2.62 bits per heavy atom. The van der Waals surface area contributed by atoms with Crippen LogP contribution in [0.4, 0.5) is 0 Å². The third kappa shape index (κ3) is 4.56. The Balaban J connectivity index is 1.32. The maximum absolute atomic E-state index is 11.2. The molecule has 0 bridgehead atoms. The van der Waals surface area contributed by atoms with Gasteiger partial charge in [-0.25, -0.2) is 0 Å². The van der Waals surface area contributed by atoms with E-state index in [1.54, 1.807) is 7.11 Å². The molecule has 0 spiro atoms. The van der Waals surface area contributed by atoms with E-state index in [-0.39, 0.29) is 0 Å². The number of likely N-dealkylation sites (tertiary alicyclic amines) is 1. The molecule has 0 saturated carbocycles. The molecule has 0 atom stereocenters. The number of hydrogen-bond acceptors (Lipinski definition) is 5. The van der Waals surface area contributed by atoms with Gasteiger partial charge < -0.3 is 19.5 Å². The zero-order valence-electron chi connectivity index (χ0n) is 19.3. The molecular formula is C28H29ClN2O3. The third-order valence-corrected chi connectivity index (χ3v) is 7.13. The minimum Gasteiger partial charge on any atom is -0.493 e. The average Bonchev–Trinajstić information content (AvgIpc) is 3.03. The highest BCUT2D eigenvalue weighted by Crippen LogP contribution is 2.41. The molecule has 2 aliphatic heterocycles. The van der Waals surface area contributed by atoms with Gasteiger partial charge in [0.2, 0.25) is 0 Å². The molecule has 5 rings (SSSR count). The summed E-state index contributed by atoms with van der Waals surface area (Å²) in [6, 6.07) is 17.7. The maximum Gasteiger partial charge on any atom is 0.169 e. The molecular weight excluding hydrogens is 448 g/mol. The molecule has 1 saturated heterocycles. The van der Waals surface area contributed by atoms with Crippen molar-refractivity contribution in [1.82, 2.24) is 9.88 Å². The van der Waals surface area contributed by atoms with Gasteiger partial charge >= 0.3 is 0 Å². The lowest BCUT2D eigenvalue weighted by Crippen LogP contribution is -2.42. The van der Waals surface area contributed by atoms with Crippen LogP contribution in [0, 0.1) is 0 Å². The summed E-state index contributed by atoms with van der Waals surface area (Å²) in [4.78, 5) is 6.98. The molecule has 0 unspecified atom stereocenters. The van der Waals surface area contributed by atoms with Gasteiger partial charge in [0.25, 0.3) is 0 Å². The summed E-state index contributed by atoms with van der Waals surface area (Å²) in [5.74, 6) is 1.49. The van der Waals surface area contributed by atoms with Crippen molar-refractivity contribution in [3.63, 3.8) is 0 Å². The van der Waals surface area contributed by atoms with Crippen LogP contribution < -0.4 is 9.47 Å². The lowest BCUT2D eigenvalue weighted by Gasteiger charge is -2.38. The van der Waals surface area contributed by atoms with Gasteiger partial charge in [0.15, 0.2) is 11.5 Å². The number of piperidine rings is 1. The second-order valence-corrected chi connectivity index (χ2v) is 9.35. The minimum absolute atomic E-state index is 0.413. The lowest BCUT2D eigenvalue weighted by atomic mass is 9.84. The molecule has 34 heavy (non-hydrogen) atoms. The summed E-state index contributed by atoms with van der Waals surface area (Å²) in [7, 11) is 1.67. The number of para-hydroxylation sites is 1. The van der Waals surface area contributed by atoms with Crippen LogP contribution in [0.25, 0.3) is 5.57 Å². The number of halogens is 1. The first-order valence-electron chi connectivity index (χ1n) is 11.7. The van der Waals surface area contributed by atoms with Crippen molar-refractivity contribution in [3.8, 4) is 11.5 Å². The summed E-state index contributed by atoms with van der Waals surface area (Å²) in [5, 5.41) is 11.9. The Morgan fingerprint density at radius 1 is 1.09 bits per heavy atom. The van der Waals surface area contributed by atoms with Crippen molar-refractivity contribution in [2.75, 3.05) is 26.7 Å². The Morgan fingerprint density at radius 2 is 1.85 bits per heavy atom. The van der Waals surface area contributed by atoms with E-state index in [4.69, 9.17) is 21.1 Å². The Labute approximate surface area is 205 Å². The molecule has 0 aliphatic carbocycles. The Hall–Kier alpha value is -2.86. The van der Waals surface area contributed by atoms with Crippen LogP contribution in [0.15, 0.2) is 66.9 Å². The molecule has 5 nitrogen and oxygen atoms in total. The van der Waals surface area contributed by atoms with Crippen molar-refractivity contribution in [2.24, 2.45) is 0 Å². The number of aromatic nitrogens is 1. The number of benzene rings is 2. The van der Waals surface area contributed by atoms with E-state index < -0.39 is 5.60 Å². The SMILES string of the molecule is COc1cccc2c1OCc1ncccc1/C2=C\CCN1CCC(O)(c2ccc(Cl)cc2)CC1. The normalized spacial score (nSPS) is 18.5. The first-order valence-corrected chi connectivity index (χ1v) is 12.1. The van der Waals surface area contributed by atoms with Crippen molar-refractivity contribution >= 4 is 17.2 Å². The summed E-state index contributed by atoms with van der Waals surface area (Å²) in [5.41, 5.74) is 4.36. The molecule has 1 N–H and O–H groups in total. The lowest BCUT2D eigenvalue weighted by molar-refractivity contribution is -0.0254. The van der Waals surface area contributed by atoms with Crippen molar-refractivity contribution in [1.29, 1.82) is 0 Å². The number of aliphatic hydroxyl groups is 1. The van der Waals surface area contributed by atoms with Gasteiger partial charge in [-0.05, 0) is 54.7 Å². The van der Waals surface area contributed by atoms with E-state index in [0.717, 1.165) is 65.5 Å². The molecule has 6 heteroatoms. The van der Waals surface area contributed by atoms with Crippen molar-refractivity contribution in [3.05, 3.63) is 94.3 Å². The summed E-state index contributed by atoms with van der Waals surface area (Å²) in [6.45, 7) is 3.05. The van der Waals surface area contributed by atoms with Crippen LogP contribution in [0.2, 0.25) is 5.02 Å². The van der Waals surface area contributed by atoms with E-state index >= 15 is 0 Å². The van der Waals surface area contributed by atoms with Crippen molar-refractivity contribution in [2.45, 2.75) is 31.5 Å². The summed E-state index contributed by atoms with van der Waals surface area (Å²) >= 11 is 6.02. The Bertz CT molecular complexity index is 1180. The number of nitrogens with zero attached hydrogens (tertiary/aromatic N) is 2. The molecule has 176 valence electrons. The van der Waals surface area contributed by atoms with Gasteiger partial charge in [-0.1, -0.05) is 48.0 Å². The van der Waals surface area contributed by atoms with Crippen molar-refractivity contribution < 1.29 is 14.6 Å². The van der Waals surface area contributed by atoms with Crippen LogP contribution in [0.3, 0.4) is 0 Å². The highest BCUT2D eigenvalue weighted by Gasteiger charge is 2.33. The van der Waals surface area contributed by atoms with Crippen LogP contribution in [-0.2, 0) is 12.2 Å². The molecule has 0 amide bonds. The molecule has 2 aromatic carbocycles. The molecule has 3 heterocycles. The van der Waals surface area contributed by atoms with E-state index in [9.17, 15) is 5.11 Å². The number of ether oxygens (including phenoxy) is 2. The number of pyridine rings is 1. The fraction of sp³-hybridized carbons (Fsp3) is 0.321. The number of methoxy groups -OCH3 is 1. The maximum atomic E-state index is 11.2. The van der Waals surface area contributed by atoms with Gasteiger partial charge in [0.05, 0.1) is 18.4 Å². The van der Waals surface area contributed by atoms with Crippen LogP contribution >= 0.6 is 11.6 Å². The zero-order valence-corrected chi connectivity index (χ0v) is 20.1. The predicted molar refractivity (Wildman–Crippen MR) is 134 cm³/mol. The van der Waals surface area contributed by atoms with Crippen LogP contribution in [0.1, 0.15) is 41.6 Å². The fourth-order valence-electron chi connectivity index (χ4n) is 4.93. The van der Waals surface area contributed by atoms with Crippen LogP contribution in [0.5, 0.6) is 11.5 Å². The first kappa shape index (κ1) is 22.9. The smallest absolute Gasteiger partial charge is 0.169 e. The van der Waals surface area contributed by atoms with Gasteiger partial charge in [-0.3, -0.25) is 4.98 Å². The van der Waals surface area contributed by atoms with Gasteiger partial charge in [-0.15, -0.1) is 0 Å². The highest BCUT2D eigenvalue weighted by molar-refractivity contribution is 6.30. The minimum atomic E-state index is -0.779. The second-order valence-electron chi connectivity index (χ2n) is 8.91. The average molecular weight is 477 g/mol. The quantitative estimate of drug-likeness (QED) is 0.531. The standard InChI is InChI=1S/C28H29ClN2O3/c1-33-26-8-2-5-24-22(23-6-3-15-30-25(23)19-34-27(24)26)7-4-16-31-17-13-28(32,14-18-31)20-9-11-21(29)12-10-20/h2-3,5-12,15,32H,4,13-14,16-19H2,1H3/b22-7+. The molecule has 0 radical (unpaired) electrons. The molecule has 1 fully saturated rings. The first-order chi connectivity index (χ1) is 16.6. The molecule has 3 aromatic rings. The highest BCUT2D eigenvalue weighted by atomic mass is 35.5. The number of hydrogen-bond donors (Lipinski definition) is 1. The van der Waals surface area contributed by atoms with Gasteiger partial charge in [0.1, 0.15) is 6.61 Å². The third-order valence-electron chi connectivity index (χ3n) is 6.88. The molecule has 1 aromatic heterocycles. The predicted octanol–water partition coefficient (Wildman–Crippen LogP) is 5.44. The topological polar surface area (TPSA) is 54.8 Å². The zero-order chi connectivity index (χ0) is 23.5. The fourth-order valence-corrected chi connectivity index (χ4v) is 5.05. The van der Waals surface area contributed by atoms with E-state index in [2.05, 4.69) is 28.1 Å². The largest absolute Gasteiger partial charge is 0.493 e. The molecule has 2 aliphatic rings. The van der Waals surface area contributed by atoms with E-state index in [1.807, 2.05) is 48.7 Å². The van der Waals surface area contributed by atoms with Gasteiger partial charge in [-0.2, -0.15) is 0 Å². The summed E-state index contributed by atoms with van der Waals surface area (Å²) in [6.07, 6.45) is 6.41. The summed E-state index contributed by atoms with van der Waals surface area (Å²) < 4.78 is 11.7. The monoisotopic (exact) mass is 476 g/mol. The van der Waals surface area contributed by atoms with Gasteiger partial charge in [0, 0.05) is 42.0 Å². The van der Waals surface area contributed by atoms with Crippen LogP contribution in [-0.4, -0.2) is 41.7 Å².